The maximum Gasteiger partial charge on any atom is 0.393 e. The minimum absolute atomic E-state index is 0.0988. The fourth-order valence-corrected chi connectivity index (χ4v) is 3.56. The van der Waals surface area contributed by atoms with Crippen LogP contribution in [0.15, 0.2) is 54.6 Å². The Hall–Kier alpha value is -2.54. The molecular formula is C21H23F3N2O2. The van der Waals surface area contributed by atoms with Gasteiger partial charge < -0.3 is 10.1 Å². The van der Waals surface area contributed by atoms with E-state index in [0.29, 0.717) is 30.0 Å². The molecule has 2 aromatic rings. The maximum absolute atomic E-state index is 13.3. The number of piperidine rings is 1. The van der Waals surface area contributed by atoms with Gasteiger partial charge in [-0.05, 0) is 49.2 Å². The molecule has 1 aliphatic rings. The molecule has 0 spiro atoms. The first-order valence-corrected chi connectivity index (χ1v) is 9.19. The summed E-state index contributed by atoms with van der Waals surface area (Å²) in [6, 6.07) is 15.0. The standard InChI is InChI=1S/C21H23F3N2O2/c1-28-18-11-9-17(10-12-18)25-20(27)19(15-6-3-2-4-7-15)26-13-5-8-16(14-26)21(22,23)24/h2-4,6-7,9-12,16,19H,5,8,13-14H2,1H3,(H,25,27)/t16-,19+/m1/s1. The highest BCUT2D eigenvalue weighted by Gasteiger charge is 2.44. The molecule has 0 aliphatic carbocycles. The summed E-state index contributed by atoms with van der Waals surface area (Å²) in [5.41, 5.74) is 1.24. The normalized spacial score (nSPS) is 19.1. The number of rotatable bonds is 5. The second-order valence-electron chi connectivity index (χ2n) is 6.91. The minimum Gasteiger partial charge on any atom is -0.497 e. The number of halogens is 3. The van der Waals surface area contributed by atoms with Crippen molar-refractivity contribution in [2.75, 3.05) is 25.5 Å². The van der Waals surface area contributed by atoms with Crippen LogP contribution in [0.4, 0.5) is 18.9 Å². The Kier molecular flexibility index (Phi) is 6.24. The first kappa shape index (κ1) is 20.2. The topological polar surface area (TPSA) is 41.6 Å². The molecule has 1 N–H and O–H groups in total. The van der Waals surface area contributed by atoms with Crippen molar-refractivity contribution in [3.05, 3.63) is 60.2 Å². The number of carbonyl (C=O) groups is 1. The van der Waals surface area contributed by atoms with Crippen LogP contribution in [-0.2, 0) is 4.79 Å². The van der Waals surface area contributed by atoms with E-state index >= 15 is 0 Å². The number of likely N-dealkylation sites (tertiary alicyclic amines) is 1. The molecule has 0 saturated carbocycles. The molecule has 0 bridgehead atoms. The van der Waals surface area contributed by atoms with E-state index in [1.165, 1.54) is 0 Å². The van der Waals surface area contributed by atoms with Crippen LogP contribution in [0.2, 0.25) is 0 Å². The Morgan fingerprint density at radius 2 is 1.82 bits per heavy atom. The van der Waals surface area contributed by atoms with Gasteiger partial charge in [-0.15, -0.1) is 0 Å². The number of benzene rings is 2. The molecule has 1 saturated heterocycles. The molecule has 3 rings (SSSR count). The summed E-state index contributed by atoms with van der Waals surface area (Å²) in [7, 11) is 1.55. The smallest absolute Gasteiger partial charge is 0.393 e. The monoisotopic (exact) mass is 392 g/mol. The van der Waals surface area contributed by atoms with Gasteiger partial charge in [0.05, 0.1) is 13.0 Å². The van der Waals surface area contributed by atoms with E-state index in [9.17, 15) is 18.0 Å². The van der Waals surface area contributed by atoms with Crippen LogP contribution in [0.25, 0.3) is 0 Å². The van der Waals surface area contributed by atoms with E-state index < -0.39 is 18.1 Å². The number of methoxy groups -OCH3 is 1. The van der Waals surface area contributed by atoms with Crippen molar-refractivity contribution in [1.82, 2.24) is 4.90 Å². The summed E-state index contributed by atoms with van der Waals surface area (Å²) in [5.74, 6) is -1.11. The molecule has 150 valence electrons. The molecule has 1 fully saturated rings. The zero-order valence-electron chi connectivity index (χ0n) is 15.6. The van der Waals surface area contributed by atoms with Gasteiger partial charge in [0.1, 0.15) is 11.8 Å². The molecule has 2 aromatic carbocycles. The molecule has 2 atom stereocenters. The highest BCUT2D eigenvalue weighted by atomic mass is 19.4. The predicted molar refractivity (Wildman–Crippen MR) is 101 cm³/mol. The Labute approximate surface area is 162 Å². The van der Waals surface area contributed by atoms with Gasteiger partial charge in [0, 0.05) is 12.2 Å². The number of ether oxygens (including phenoxy) is 1. The lowest BCUT2D eigenvalue weighted by Gasteiger charge is -2.38. The van der Waals surface area contributed by atoms with Gasteiger partial charge in [-0.2, -0.15) is 13.2 Å². The molecule has 1 heterocycles. The Balaban J connectivity index is 1.83. The van der Waals surface area contributed by atoms with Gasteiger partial charge in [0.15, 0.2) is 0 Å². The molecule has 1 amide bonds. The van der Waals surface area contributed by atoms with Crippen LogP contribution < -0.4 is 10.1 Å². The number of hydrogen-bond donors (Lipinski definition) is 1. The maximum atomic E-state index is 13.3. The molecule has 0 aromatic heterocycles. The predicted octanol–water partition coefficient (Wildman–Crippen LogP) is 4.65. The molecule has 0 unspecified atom stereocenters. The summed E-state index contributed by atoms with van der Waals surface area (Å²) < 4.78 is 44.9. The summed E-state index contributed by atoms with van der Waals surface area (Å²) in [6.07, 6.45) is -3.75. The van der Waals surface area contributed by atoms with Crippen molar-refractivity contribution in [3.63, 3.8) is 0 Å². The summed E-state index contributed by atoms with van der Waals surface area (Å²) in [4.78, 5) is 14.7. The van der Waals surface area contributed by atoms with Gasteiger partial charge in [0.2, 0.25) is 5.91 Å². The van der Waals surface area contributed by atoms with Crippen molar-refractivity contribution in [1.29, 1.82) is 0 Å². The van der Waals surface area contributed by atoms with Crippen molar-refractivity contribution in [2.24, 2.45) is 5.92 Å². The van der Waals surface area contributed by atoms with Crippen molar-refractivity contribution in [2.45, 2.75) is 25.1 Å². The number of anilines is 1. The van der Waals surface area contributed by atoms with Crippen LogP contribution >= 0.6 is 0 Å². The van der Waals surface area contributed by atoms with Crippen molar-refractivity contribution in [3.8, 4) is 5.75 Å². The minimum atomic E-state index is -4.26. The van der Waals surface area contributed by atoms with Crippen LogP contribution in [0.5, 0.6) is 5.75 Å². The lowest BCUT2D eigenvalue weighted by atomic mass is 9.94. The van der Waals surface area contributed by atoms with E-state index in [-0.39, 0.29) is 18.9 Å². The largest absolute Gasteiger partial charge is 0.497 e. The van der Waals surface area contributed by atoms with E-state index in [4.69, 9.17) is 4.74 Å². The van der Waals surface area contributed by atoms with Gasteiger partial charge in [-0.3, -0.25) is 9.69 Å². The Morgan fingerprint density at radius 1 is 1.14 bits per heavy atom. The third kappa shape index (κ3) is 4.84. The molecular weight excluding hydrogens is 369 g/mol. The number of amides is 1. The Morgan fingerprint density at radius 3 is 2.43 bits per heavy atom. The van der Waals surface area contributed by atoms with Gasteiger partial charge in [0.25, 0.3) is 0 Å². The number of hydrogen-bond acceptors (Lipinski definition) is 3. The van der Waals surface area contributed by atoms with Gasteiger partial charge in [-0.1, -0.05) is 30.3 Å². The number of nitrogens with one attached hydrogen (secondary N) is 1. The highest BCUT2D eigenvalue weighted by molar-refractivity contribution is 5.95. The van der Waals surface area contributed by atoms with Gasteiger partial charge in [-0.25, -0.2) is 0 Å². The van der Waals surface area contributed by atoms with Crippen LogP contribution in [0, 0.1) is 5.92 Å². The van der Waals surface area contributed by atoms with Crippen LogP contribution in [0.1, 0.15) is 24.4 Å². The van der Waals surface area contributed by atoms with Crippen molar-refractivity contribution < 1.29 is 22.7 Å². The quantitative estimate of drug-likeness (QED) is 0.805. The van der Waals surface area contributed by atoms with Crippen LogP contribution in [-0.4, -0.2) is 37.2 Å². The summed E-state index contributed by atoms with van der Waals surface area (Å²) in [5, 5.41) is 2.83. The zero-order valence-corrected chi connectivity index (χ0v) is 15.6. The molecule has 1 aliphatic heterocycles. The van der Waals surface area contributed by atoms with E-state index in [1.54, 1.807) is 60.5 Å². The van der Waals surface area contributed by atoms with E-state index in [1.807, 2.05) is 6.07 Å². The molecule has 4 nitrogen and oxygen atoms in total. The first-order valence-electron chi connectivity index (χ1n) is 9.19. The molecule has 7 heteroatoms. The third-order valence-electron chi connectivity index (χ3n) is 5.00. The Bertz CT molecular complexity index is 778. The zero-order chi connectivity index (χ0) is 20.1. The van der Waals surface area contributed by atoms with Crippen LogP contribution in [0.3, 0.4) is 0 Å². The average Bonchev–Trinajstić information content (AvgIpc) is 2.69. The number of carbonyl (C=O) groups excluding carboxylic acids is 1. The molecule has 28 heavy (non-hydrogen) atoms. The second-order valence-corrected chi connectivity index (χ2v) is 6.91. The fourth-order valence-electron chi connectivity index (χ4n) is 3.56. The first-order chi connectivity index (χ1) is 13.4. The lowest BCUT2D eigenvalue weighted by molar-refractivity contribution is -0.189. The van der Waals surface area contributed by atoms with E-state index in [2.05, 4.69) is 5.32 Å². The van der Waals surface area contributed by atoms with Gasteiger partial charge >= 0.3 is 6.18 Å². The summed E-state index contributed by atoms with van der Waals surface area (Å²) in [6.45, 7) is 0.265. The molecule has 0 radical (unpaired) electrons. The lowest BCUT2D eigenvalue weighted by Crippen LogP contribution is -2.46. The summed E-state index contributed by atoms with van der Waals surface area (Å²) >= 11 is 0. The highest BCUT2D eigenvalue weighted by Crippen LogP contribution is 2.36. The number of nitrogens with zero attached hydrogens (tertiary/aromatic N) is 1. The fraction of sp³-hybridized carbons (Fsp3) is 0.381. The SMILES string of the molecule is COc1ccc(NC(=O)[C@H](c2ccccc2)N2CCC[C@@H](C(F)(F)F)C2)cc1. The van der Waals surface area contributed by atoms with Crippen molar-refractivity contribution >= 4 is 11.6 Å². The number of alkyl halides is 3. The average molecular weight is 392 g/mol. The third-order valence-corrected chi connectivity index (χ3v) is 5.00. The van der Waals surface area contributed by atoms with E-state index in [0.717, 1.165) is 0 Å². The second kappa shape index (κ2) is 8.65.